The first-order chi connectivity index (χ1) is 7.45. The van der Waals surface area contributed by atoms with Crippen molar-refractivity contribution >= 4 is 16.0 Å². The molecule has 0 aliphatic heterocycles. The van der Waals surface area contributed by atoms with Crippen molar-refractivity contribution in [1.29, 1.82) is 5.26 Å². The number of guanidine groups is 1. The second kappa shape index (κ2) is 4.63. The Morgan fingerprint density at radius 3 is 2.50 bits per heavy atom. The number of hydrogen-bond acceptors (Lipinski definition) is 3. The predicted octanol–water partition coefficient (Wildman–Crippen LogP) is 0.0691. The molecule has 0 unspecified atom stereocenters. The third-order valence-electron chi connectivity index (χ3n) is 1.72. The predicted molar refractivity (Wildman–Crippen MR) is 58.7 cm³/mol. The normalized spacial score (nSPS) is 11.9. The van der Waals surface area contributed by atoms with Crippen molar-refractivity contribution in [1.82, 2.24) is 5.32 Å². The van der Waals surface area contributed by atoms with E-state index in [1.165, 1.54) is 18.3 Å². The van der Waals surface area contributed by atoms with E-state index in [1.807, 2.05) is 12.2 Å². The maximum atomic E-state index is 11.6. The van der Waals surface area contributed by atoms with Crippen LogP contribution in [0, 0.1) is 18.4 Å². The molecule has 0 fully saturated rings. The Morgan fingerprint density at radius 1 is 1.44 bits per heavy atom. The molecule has 0 radical (unpaired) electrons. The van der Waals surface area contributed by atoms with Gasteiger partial charge in [0.1, 0.15) is 0 Å². The minimum absolute atomic E-state index is 0.0285. The maximum absolute atomic E-state index is 11.6. The molecule has 1 rings (SSSR count). The van der Waals surface area contributed by atoms with Gasteiger partial charge in [0.25, 0.3) is 10.0 Å². The van der Waals surface area contributed by atoms with Crippen LogP contribution in [0.3, 0.4) is 0 Å². The number of nitrogens with one attached hydrogen (secondary N) is 1. The molecule has 6 nitrogen and oxygen atoms in total. The second-order valence-corrected chi connectivity index (χ2v) is 4.61. The smallest absolute Gasteiger partial charge is 0.285 e. The van der Waals surface area contributed by atoms with Crippen LogP contribution in [0.1, 0.15) is 5.56 Å². The molecule has 0 saturated heterocycles. The molecular weight excluding hydrogens is 228 g/mol. The number of nitriles is 1. The number of sulfonamides is 1. The highest BCUT2D eigenvalue weighted by atomic mass is 32.2. The van der Waals surface area contributed by atoms with E-state index in [2.05, 4.69) is 4.40 Å². The minimum atomic E-state index is -3.85. The number of aryl methyl sites for hydroxylation is 1. The van der Waals surface area contributed by atoms with Gasteiger partial charge in [-0.15, -0.1) is 4.40 Å². The first-order valence-corrected chi connectivity index (χ1v) is 5.72. The molecular formula is C9H10N4O2S. The molecule has 0 spiro atoms. The third-order valence-corrected chi connectivity index (χ3v) is 3.03. The molecule has 0 amide bonds. The first kappa shape index (κ1) is 12.0. The van der Waals surface area contributed by atoms with Gasteiger partial charge in [0.05, 0.1) is 4.90 Å². The summed E-state index contributed by atoms with van der Waals surface area (Å²) in [5, 5.41) is 10.2. The summed E-state index contributed by atoms with van der Waals surface area (Å²) in [6.45, 7) is 1.84. The molecule has 7 heteroatoms. The Hall–Kier alpha value is -2.07. The fourth-order valence-corrected chi connectivity index (χ4v) is 1.86. The van der Waals surface area contributed by atoms with Gasteiger partial charge in [0, 0.05) is 0 Å². The van der Waals surface area contributed by atoms with Crippen molar-refractivity contribution in [3.05, 3.63) is 29.8 Å². The van der Waals surface area contributed by atoms with Gasteiger partial charge in [0.15, 0.2) is 6.19 Å². The van der Waals surface area contributed by atoms with E-state index >= 15 is 0 Å². The van der Waals surface area contributed by atoms with E-state index in [9.17, 15) is 8.42 Å². The van der Waals surface area contributed by atoms with Crippen molar-refractivity contribution in [3.63, 3.8) is 0 Å². The van der Waals surface area contributed by atoms with E-state index in [4.69, 9.17) is 11.0 Å². The van der Waals surface area contributed by atoms with Crippen molar-refractivity contribution in [2.75, 3.05) is 0 Å². The summed E-state index contributed by atoms with van der Waals surface area (Å²) in [6, 6.07) is 6.15. The van der Waals surface area contributed by atoms with Crippen LogP contribution in [-0.4, -0.2) is 14.4 Å². The molecule has 0 saturated carbocycles. The zero-order valence-electron chi connectivity index (χ0n) is 8.51. The van der Waals surface area contributed by atoms with E-state index in [-0.39, 0.29) is 4.90 Å². The maximum Gasteiger partial charge on any atom is 0.285 e. The molecule has 0 aromatic heterocycles. The van der Waals surface area contributed by atoms with Crippen molar-refractivity contribution in [2.24, 2.45) is 10.1 Å². The highest BCUT2D eigenvalue weighted by Gasteiger charge is 2.12. The molecule has 0 atom stereocenters. The van der Waals surface area contributed by atoms with Crippen LogP contribution in [0.2, 0.25) is 0 Å². The Kier molecular flexibility index (Phi) is 3.48. The van der Waals surface area contributed by atoms with E-state index < -0.39 is 16.0 Å². The van der Waals surface area contributed by atoms with Crippen molar-refractivity contribution in [3.8, 4) is 6.19 Å². The summed E-state index contributed by atoms with van der Waals surface area (Å²) in [5.41, 5.74) is 6.11. The van der Waals surface area contributed by atoms with Gasteiger partial charge in [-0.3, -0.25) is 5.32 Å². The molecule has 1 aromatic carbocycles. The summed E-state index contributed by atoms with van der Waals surface area (Å²) in [4.78, 5) is 0.0285. The molecule has 0 heterocycles. The number of benzene rings is 1. The van der Waals surface area contributed by atoms with Gasteiger partial charge < -0.3 is 5.73 Å². The summed E-state index contributed by atoms with van der Waals surface area (Å²) >= 11 is 0. The van der Waals surface area contributed by atoms with Gasteiger partial charge in [-0.1, -0.05) is 17.7 Å². The molecule has 0 aliphatic rings. The minimum Gasteiger partial charge on any atom is -0.368 e. The average molecular weight is 238 g/mol. The molecule has 1 aromatic rings. The van der Waals surface area contributed by atoms with Gasteiger partial charge >= 0.3 is 0 Å². The largest absolute Gasteiger partial charge is 0.368 e. The Bertz CT molecular complexity index is 540. The van der Waals surface area contributed by atoms with Crippen LogP contribution in [0.15, 0.2) is 33.6 Å². The van der Waals surface area contributed by atoms with Crippen LogP contribution in [0.5, 0.6) is 0 Å². The average Bonchev–Trinajstić information content (AvgIpc) is 2.17. The summed E-state index contributed by atoms with van der Waals surface area (Å²) in [6.07, 6.45) is 1.48. The van der Waals surface area contributed by atoms with Gasteiger partial charge in [-0.05, 0) is 19.1 Å². The third kappa shape index (κ3) is 2.96. The van der Waals surface area contributed by atoms with Gasteiger partial charge in [-0.25, -0.2) is 0 Å². The fraction of sp³-hybridized carbons (Fsp3) is 0.111. The summed E-state index contributed by atoms with van der Waals surface area (Å²) in [7, 11) is -3.85. The SMILES string of the molecule is Cc1ccc(S(=O)(=O)N=C(N)NC#N)cc1. The lowest BCUT2D eigenvalue weighted by atomic mass is 10.2. The lowest BCUT2D eigenvalue weighted by molar-refractivity contribution is 0.598. The number of hydrogen-bond donors (Lipinski definition) is 2. The lowest BCUT2D eigenvalue weighted by Crippen LogP contribution is -2.28. The van der Waals surface area contributed by atoms with Crippen LogP contribution in [-0.2, 0) is 10.0 Å². The lowest BCUT2D eigenvalue weighted by Gasteiger charge is -2.00. The quantitative estimate of drug-likeness (QED) is 0.328. The summed E-state index contributed by atoms with van der Waals surface area (Å²) in [5.74, 6) is -0.455. The Labute approximate surface area is 93.5 Å². The Morgan fingerprint density at radius 2 is 2.00 bits per heavy atom. The van der Waals surface area contributed by atoms with Gasteiger partial charge in [-0.2, -0.15) is 13.7 Å². The molecule has 3 N–H and O–H groups in total. The number of rotatable bonds is 2. The van der Waals surface area contributed by atoms with Crippen LogP contribution >= 0.6 is 0 Å². The van der Waals surface area contributed by atoms with Crippen LogP contribution in [0.4, 0.5) is 0 Å². The Balaban J connectivity index is 3.09. The standard InChI is InChI=1S/C9H10N4O2S/c1-7-2-4-8(5-3-7)16(14,15)13-9(11)12-6-10/h2-5H,1H3,(H3,11,12,13). The second-order valence-electron chi connectivity index (χ2n) is 3.00. The zero-order valence-corrected chi connectivity index (χ0v) is 9.32. The highest BCUT2D eigenvalue weighted by molar-refractivity contribution is 7.90. The van der Waals surface area contributed by atoms with E-state index in [0.29, 0.717) is 0 Å². The molecule has 0 aliphatic carbocycles. The molecule has 16 heavy (non-hydrogen) atoms. The van der Waals surface area contributed by atoms with Crippen molar-refractivity contribution < 1.29 is 8.42 Å². The van der Waals surface area contributed by atoms with Crippen LogP contribution < -0.4 is 11.1 Å². The van der Waals surface area contributed by atoms with E-state index in [0.717, 1.165) is 5.56 Å². The zero-order chi connectivity index (χ0) is 12.2. The summed E-state index contributed by atoms with van der Waals surface area (Å²) < 4.78 is 26.5. The number of nitrogens with two attached hydrogens (primary N) is 1. The van der Waals surface area contributed by atoms with Crippen LogP contribution in [0.25, 0.3) is 0 Å². The molecule has 84 valence electrons. The van der Waals surface area contributed by atoms with E-state index in [1.54, 1.807) is 12.1 Å². The molecule has 0 bridgehead atoms. The van der Waals surface area contributed by atoms with Crippen molar-refractivity contribution in [2.45, 2.75) is 11.8 Å². The topological polar surface area (TPSA) is 108 Å². The highest BCUT2D eigenvalue weighted by Crippen LogP contribution is 2.12. The number of nitrogens with zero attached hydrogens (tertiary/aromatic N) is 2. The monoisotopic (exact) mass is 238 g/mol. The first-order valence-electron chi connectivity index (χ1n) is 4.28. The van der Waals surface area contributed by atoms with Gasteiger partial charge in [0.2, 0.25) is 5.96 Å². The fourth-order valence-electron chi connectivity index (χ4n) is 0.973.